The van der Waals surface area contributed by atoms with E-state index in [4.69, 9.17) is 9.47 Å². The summed E-state index contributed by atoms with van der Waals surface area (Å²) in [5.74, 6) is 1.69. The van der Waals surface area contributed by atoms with E-state index in [0.29, 0.717) is 6.04 Å². The molecule has 28 heavy (non-hydrogen) atoms. The van der Waals surface area contributed by atoms with Gasteiger partial charge in [-0.15, -0.1) is 0 Å². The van der Waals surface area contributed by atoms with Crippen molar-refractivity contribution in [2.45, 2.75) is 44.2 Å². The van der Waals surface area contributed by atoms with E-state index >= 15 is 0 Å². The second kappa shape index (κ2) is 8.19. The minimum Gasteiger partial charge on any atom is -0.497 e. The molecule has 2 aromatic rings. The van der Waals surface area contributed by atoms with E-state index in [1.54, 1.807) is 14.2 Å². The Labute approximate surface area is 166 Å². The molecule has 1 fully saturated rings. The number of ether oxygens (including phenoxy) is 2. The Hall–Kier alpha value is -2.59. The number of carbonyl (C=O) groups excluding carboxylic acids is 1. The summed E-state index contributed by atoms with van der Waals surface area (Å²) in [5, 5.41) is 3.78. The highest BCUT2D eigenvalue weighted by molar-refractivity contribution is 6.16. The fourth-order valence-corrected chi connectivity index (χ4v) is 4.28. The largest absolute Gasteiger partial charge is 0.497 e. The van der Waals surface area contributed by atoms with Crippen molar-refractivity contribution in [3.63, 3.8) is 0 Å². The molecule has 0 bridgehead atoms. The quantitative estimate of drug-likeness (QED) is 0.749. The van der Waals surface area contributed by atoms with Crippen LogP contribution in [0.15, 0.2) is 48.0 Å². The van der Waals surface area contributed by atoms with Crippen LogP contribution in [-0.4, -0.2) is 26.0 Å². The van der Waals surface area contributed by atoms with Crippen molar-refractivity contribution in [2.75, 3.05) is 14.2 Å². The molecular weight excluding hydrogens is 350 g/mol. The zero-order valence-corrected chi connectivity index (χ0v) is 16.5. The minimum atomic E-state index is -0.0946. The molecule has 0 radical (unpaired) electrons. The van der Waals surface area contributed by atoms with Gasteiger partial charge in [0.25, 0.3) is 0 Å². The lowest BCUT2D eigenvalue weighted by Gasteiger charge is -2.27. The molecule has 0 spiro atoms. The van der Waals surface area contributed by atoms with Crippen LogP contribution in [0.1, 0.15) is 59.6 Å². The van der Waals surface area contributed by atoms with Gasteiger partial charge in [-0.1, -0.05) is 31.4 Å². The molecular formula is C24H27NO3. The molecule has 146 valence electrons. The molecule has 1 N–H and O–H groups in total. The SMILES string of the molecule is COc1ccc(C=C2C(=O)c3ccc(OC)cc3C2NC2CCCCC2)cc1. The maximum atomic E-state index is 13.2. The summed E-state index contributed by atoms with van der Waals surface area (Å²) in [7, 11) is 3.32. The smallest absolute Gasteiger partial charge is 0.191 e. The predicted molar refractivity (Wildman–Crippen MR) is 111 cm³/mol. The van der Waals surface area contributed by atoms with Crippen LogP contribution in [0.4, 0.5) is 0 Å². The highest BCUT2D eigenvalue weighted by atomic mass is 16.5. The first kappa shape index (κ1) is 18.8. The van der Waals surface area contributed by atoms with Crippen LogP contribution in [0.25, 0.3) is 6.08 Å². The van der Waals surface area contributed by atoms with E-state index in [1.807, 2.05) is 48.5 Å². The second-order valence-electron chi connectivity index (χ2n) is 7.59. The first-order valence-corrected chi connectivity index (χ1v) is 10.0. The average molecular weight is 377 g/mol. The molecule has 0 aromatic heterocycles. The van der Waals surface area contributed by atoms with Gasteiger partial charge in [0.1, 0.15) is 11.5 Å². The first-order chi connectivity index (χ1) is 13.7. The lowest BCUT2D eigenvalue weighted by molar-refractivity contribution is 0.103. The van der Waals surface area contributed by atoms with Crippen LogP contribution in [0.2, 0.25) is 0 Å². The van der Waals surface area contributed by atoms with Gasteiger partial charge in [-0.2, -0.15) is 0 Å². The van der Waals surface area contributed by atoms with E-state index in [0.717, 1.165) is 33.8 Å². The number of methoxy groups -OCH3 is 2. The molecule has 0 aliphatic heterocycles. The van der Waals surface area contributed by atoms with Crippen LogP contribution >= 0.6 is 0 Å². The summed E-state index contributed by atoms with van der Waals surface area (Å²) in [6.07, 6.45) is 8.15. The van der Waals surface area contributed by atoms with Gasteiger partial charge in [0, 0.05) is 17.2 Å². The van der Waals surface area contributed by atoms with Crippen molar-refractivity contribution in [3.05, 3.63) is 64.7 Å². The summed E-state index contributed by atoms with van der Waals surface area (Å²) in [6, 6.07) is 13.9. The zero-order chi connectivity index (χ0) is 19.5. The van der Waals surface area contributed by atoms with E-state index < -0.39 is 0 Å². The molecule has 4 heteroatoms. The number of nitrogens with one attached hydrogen (secondary N) is 1. The van der Waals surface area contributed by atoms with Gasteiger partial charge >= 0.3 is 0 Å². The Bertz CT molecular complexity index is 879. The summed E-state index contributed by atoms with van der Waals surface area (Å²) >= 11 is 0. The molecule has 0 amide bonds. The Morgan fingerprint density at radius 1 is 0.929 bits per heavy atom. The third-order valence-corrected chi connectivity index (χ3v) is 5.83. The van der Waals surface area contributed by atoms with Gasteiger partial charge in [0.2, 0.25) is 0 Å². The number of carbonyl (C=O) groups is 1. The number of benzene rings is 2. The molecule has 1 unspecified atom stereocenters. The molecule has 0 heterocycles. The molecule has 2 aliphatic rings. The van der Waals surface area contributed by atoms with Crippen molar-refractivity contribution in [1.29, 1.82) is 0 Å². The summed E-state index contributed by atoms with van der Waals surface area (Å²) in [5.41, 5.74) is 3.60. The van der Waals surface area contributed by atoms with E-state index in [2.05, 4.69) is 5.32 Å². The summed E-state index contributed by atoms with van der Waals surface area (Å²) < 4.78 is 10.7. The predicted octanol–water partition coefficient (Wildman–Crippen LogP) is 4.95. The van der Waals surface area contributed by atoms with E-state index in [1.165, 1.54) is 32.1 Å². The normalized spacial score (nSPS) is 21.0. The van der Waals surface area contributed by atoms with Gasteiger partial charge in [0.05, 0.1) is 20.3 Å². The average Bonchev–Trinajstić information content (AvgIpc) is 3.00. The van der Waals surface area contributed by atoms with Crippen molar-refractivity contribution in [3.8, 4) is 11.5 Å². The lowest BCUT2D eigenvalue weighted by Crippen LogP contribution is -2.34. The maximum Gasteiger partial charge on any atom is 0.191 e. The number of hydrogen-bond donors (Lipinski definition) is 1. The topological polar surface area (TPSA) is 47.6 Å². The number of ketones is 1. The van der Waals surface area contributed by atoms with Crippen molar-refractivity contribution in [1.82, 2.24) is 5.32 Å². The van der Waals surface area contributed by atoms with Crippen molar-refractivity contribution in [2.24, 2.45) is 0 Å². The molecule has 2 aliphatic carbocycles. The lowest BCUT2D eigenvalue weighted by atomic mass is 9.93. The molecule has 4 nitrogen and oxygen atoms in total. The van der Waals surface area contributed by atoms with E-state index in [9.17, 15) is 4.79 Å². The standard InChI is InChI=1S/C24H27NO3/c1-27-18-10-8-16(9-11-18)14-22-23(25-17-6-4-3-5-7-17)21-15-19(28-2)12-13-20(21)24(22)26/h8-15,17,23,25H,3-7H2,1-2H3. The van der Waals surface area contributed by atoms with Crippen molar-refractivity contribution < 1.29 is 14.3 Å². The first-order valence-electron chi connectivity index (χ1n) is 10.0. The highest BCUT2D eigenvalue weighted by Gasteiger charge is 2.36. The Balaban J connectivity index is 1.71. The van der Waals surface area contributed by atoms with Crippen LogP contribution in [-0.2, 0) is 0 Å². The number of rotatable bonds is 5. The van der Waals surface area contributed by atoms with Crippen LogP contribution < -0.4 is 14.8 Å². The fourth-order valence-electron chi connectivity index (χ4n) is 4.28. The number of hydrogen-bond acceptors (Lipinski definition) is 4. The molecule has 4 rings (SSSR count). The Kier molecular flexibility index (Phi) is 5.49. The van der Waals surface area contributed by atoms with E-state index in [-0.39, 0.29) is 11.8 Å². The number of Topliss-reactive ketones (excluding diaryl/α,β-unsaturated/α-hetero) is 1. The number of fused-ring (bicyclic) bond motifs is 1. The van der Waals surface area contributed by atoms with Gasteiger partial charge in [-0.05, 0) is 60.4 Å². The Morgan fingerprint density at radius 3 is 2.29 bits per heavy atom. The molecule has 0 saturated heterocycles. The highest BCUT2D eigenvalue weighted by Crippen LogP contribution is 2.40. The van der Waals surface area contributed by atoms with Gasteiger partial charge in [-0.3, -0.25) is 4.79 Å². The third-order valence-electron chi connectivity index (χ3n) is 5.83. The van der Waals surface area contributed by atoms with Gasteiger partial charge < -0.3 is 14.8 Å². The van der Waals surface area contributed by atoms with Crippen LogP contribution in [0, 0.1) is 0 Å². The fraction of sp³-hybridized carbons (Fsp3) is 0.375. The van der Waals surface area contributed by atoms with Gasteiger partial charge in [-0.25, -0.2) is 0 Å². The summed E-state index contributed by atoms with van der Waals surface area (Å²) in [6.45, 7) is 0. The summed E-state index contributed by atoms with van der Waals surface area (Å²) in [4.78, 5) is 13.2. The van der Waals surface area contributed by atoms with Crippen LogP contribution in [0.3, 0.4) is 0 Å². The van der Waals surface area contributed by atoms with Gasteiger partial charge in [0.15, 0.2) is 5.78 Å². The van der Waals surface area contributed by atoms with Crippen LogP contribution in [0.5, 0.6) is 11.5 Å². The minimum absolute atomic E-state index is 0.0946. The zero-order valence-electron chi connectivity index (χ0n) is 16.5. The monoisotopic (exact) mass is 377 g/mol. The molecule has 2 aromatic carbocycles. The Morgan fingerprint density at radius 2 is 1.61 bits per heavy atom. The second-order valence-corrected chi connectivity index (χ2v) is 7.59. The maximum absolute atomic E-state index is 13.2. The van der Waals surface area contributed by atoms with Crippen molar-refractivity contribution >= 4 is 11.9 Å². The molecule has 1 saturated carbocycles. The third kappa shape index (κ3) is 3.69. The molecule has 1 atom stereocenters.